The number of piperazine rings is 1. The van der Waals surface area contributed by atoms with Crippen LogP contribution in [0.15, 0.2) is 12.3 Å². The van der Waals surface area contributed by atoms with Crippen LogP contribution in [0.3, 0.4) is 0 Å². The van der Waals surface area contributed by atoms with Crippen LogP contribution in [-0.2, 0) is 0 Å². The maximum Gasteiger partial charge on any atom is 0.139 e. The van der Waals surface area contributed by atoms with E-state index >= 15 is 0 Å². The molecule has 2 fully saturated rings. The fourth-order valence-corrected chi connectivity index (χ4v) is 3.97. The van der Waals surface area contributed by atoms with E-state index in [1.807, 2.05) is 12.3 Å². The topological polar surface area (TPSA) is 45.4 Å². The number of anilines is 1. The van der Waals surface area contributed by atoms with Crippen molar-refractivity contribution >= 4 is 23.0 Å². The second-order valence-corrected chi connectivity index (χ2v) is 6.78. The molecule has 0 radical (unpaired) electrons. The van der Waals surface area contributed by atoms with Gasteiger partial charge in [-0.05, 0) is 44.9 Å². The molecule has 3 heterocycles. The fourth-order valence-electron chi connectivity index (χ4n) is 3.71. The number of fused-ring (bicyclic) bond motifs is 1. The molecule has 2 unspecified atom stereocenters. The quantitative estimate of drug-likeness (QED) is 0.848. The average molecular weight is 304 g/mol. The van der Waals surface area contributed by atoms with Gasteiger partial charge in [-0.1, -0.05) is 18.6 Å². The molecule has 2 N–H and O–H groups in total. The van der Waals surface area contributed by atoms with Gasteiger partial charge in [0.1, 0.15) is 10.8 Å². The van der Waals surface area contributed by atoms with Crippen molar-refractivity contribution in [2.45, 2.75) is 45.2 Å². The maximum absolute atomic E-state index is 5.95. The second kappa shape index (κ2) is 5.89. The molecule has 2 aliphatic rings. The molecule has 0 spiro atoms. The van der Waals surface area contributed by atoms with E-state index in [9.17, 15) is 0 Å². The van der Waals surface area contributed by atoms with Crippen molar-refractivity contribution in [3.05, 3.63) is 23.4 Å². The molecule has 0 aromatic carbocycles. The van der Waals surface area contributed by atoms with Gasteiger partial charge in [0, 0.05) is 31.4 Å². The summed E-state index contributed by atoms with van der Waals surface area (Å²) in [6.07, 6.45) is 5.83. The lowest BCUT2D eigenvalue weighted by Crippen LogP contribution is -2.59. The van der Waals surface area contributed by atoms with E-state index in [1.165, 1.54) is 25.8 Å². The summed E-state index contributed by atoms with van der Waals surface area (Å²) >= 11 is 5.26. The molecule has 2 saturated heterocycles. The number of rotatable bonds is 2. The number of hydrogen-bond donors (Lipinski definition) is 1. The van der Waals surface area contributed by atoms with Crippen LogP contribution < -0.4 is 10.6 Å². The number of pyridine rings is 1. The predicted molar refractivity (Wildman–Crippen MR) is 90.9 cm³/mol. The van der Waals surface area contributed by atoms with E-state index < -0.39 is 0 Å². The Bertz CT molecular complexity index is 545. The predicted octanol–water partition coefficient (Wildman–Crippen LogP) is 2.09. The summed E-state index contributed by atoms with van der Waals surface area (Å²) in [5, 5.41) is 0. The van der Waals surface area contributed by atoms with Crippen molar-refractivity contribution in [2.75, 3.05) is 24.5 Å². The van der Waals surface area contributed by atoms with Crippen molar-refractivity contribution in [3.63, 3.8) is 0 Å². The van der Waals surface area contributed by atoms with Crippen molar-refractivity contribution in [3.8, 4) is 0 Å². The van der Waals surface area contributed by atoms with Gasteiger partial charge < -0.3 is 10.6 Å². The largest absolute Gasteiger partial charge is 0.389 e. The minimum Gasteiger partial charge on any atom is -0.389 e. The van der Waals surface area contributed by atoms with E-state index in [-0.39, 0.29) is 0 Å². The highest BCUT2D eigenvalue weighted by Crippen LogP contribution is 2.30. The first-order chi connectivity index (χ1) is 10.1. The molecule has 1 aromatic rings. The summed E-state index contributed by atoms with van der Waals surface area (Å²) in [6, 6.07) is 3.08. The van der Waals surface area contributed by atoms with Crippen LogP contribution in [-0.4, -0.2) is 46.6 Å². The molecule has 21 heavy (non-hydrogen) atoms. The van der Waals surface area contributed by atoms with Gasteiger partial charge in [0.2, 0.25) is 0 Å². The van der Waals surface area contributed by atoms with Crippen LogP contribution in [0.25, 0.3) is 0 Å². The van der Waals surface area contributed by atoms with Gasteiger partial charge >= 0.3 is 0 Å². The van der Waals surface area contributed by atoms with Crippen LogP contribution in [0.4, 0.5) is 5.82 Å². The summed E-state index contributed by atoms with van der Waals surface area (Å²) in [6.45, 7) is 7.72. The number of aromatic nitrogens is 1. The molecular weight excluding hydrogens is 280 g/mol. The highest BCUT2D eigenvalue weighted by molar-refractivity contribution is 7.80. The number of hydrogen-bond acceptors (Lipinski definition) is 4. The molecule has 3 rings (SSSR count). The first kappa shape index (κ1) is 14.7. The number of thiocarbonyl (C=S) groups is 1. The normalized spacial score (nSPS) is 26.5. The van der Waals surface area contributed by atoms with Gasteiger partial charge in [0.05, 0.1) is 5.56 Å². The van der Waals surface area contributed by atoms with E-state index in [0.717, 1.165) is 30.0 Å². The van der Waals surface area contributed by atoms with Gasteiger partial charge in [0.15, 0.2) is 0 Å². The first-order valence-electron chi connectivity index (χ1n) is 7.84. The minimum absolute atomic E-state index is 0.446. The Balaban J connectivity index is 1.93. The van der Waals surface area contributed by atoms with E-state index in [0.29, 0.717) is 17.1 Å². The molecule has 0 amide bonds. The number of nitrogens with zero attached hydrogens (tertiary/aromatic N) is 3. The Kier molecular flexibility index (Phi) is 4.13. The lowest BCUT2D eigenvalue weighted by atomic mass is 9.96. The van der Waals surface area contributed by atoms with E-state index in [1.54, 1.807) is 0 Å². The highest BCUT2D eigenvalue weighted by atomic mass is 32.1. The summed E-state index contributed by atoms with van der Waals surface area (Å²) < 4.78 is 0. The van der Waals surface area contributed by atoms with Crippen molar-refractivity contribution in [1.29, 1.82) is 0 Å². The monoisotopic (exact) mass is 304 g/mol. The molecule has 0 aliphatic carbocycles. The average Bonchev–Trinajstić information content (AvgIpc) is 2.45. The van der Waals surface area contributed by atoms with Gasteiger partial charge in [-0.25, -0.2) is 4.98 Å². The SMILES string of the molecule is Cc1ccnc(N2CC3CCCCN3CC2C)c1C(N)=S. The van der Waals surface area contributed by atoms with Crippen molar-refractivity contribution in [2.24, 2.45) is 5.73 Å². The smallest absolute Gasteiger partial charge is 0.139 e. The summed E-state index contributed by atoms with van der Waals surface area (Å²) in [5.74, 6) is 0.972. The van der Waals surface area contributed by atoms with Crippen LogP contribution in [0.2, 0.25) is 0 Å². The summed E-state index contributed by atoms with van der Waals surface area (Å²) in [7, 11) is 0. The Labute approximate surface area is 132 Å². The Morgan fingerprint density at radius 1 is 1.38 bits per heavy atom. The Hall–Kier alpha value is -1.20. The molecule has 4 nitrogen and oxygen atoms in total. The number of nitrogens with two attached hydrogens (primary N) is 1. The van der Waals surface area contributed by atoms with E-state index in [2.05, 4.69) is 28.6 Å². The molecule has 2 aliphatic heterocycles. The van der Waals surface area contributed by atoms with Crippen molar-refractivity contribution in [1.82, 2.24) is 9.88 Å². The summed E-state index contributed by atoms with van der Waals surface area (Å²) in [4.78, 5) is 10.1. The van der Waals surface area contributed by atoms with Gasteiger partial charge in [0.25, 0.3) is 0 Å². The first-order valence-corrected chi connectivity index (χ1v) is 8.25. The molecule has 0 saturated carbocycles. The van der Waals surface area contributed by atoms with Gasteiger partial charge in [-0.3, -0.25) is 4.90 Å². The third-order valence-electron chi connectivity index (χ3n) is 4.85. The molecule has 1 aromatic heterocycles. The van der Waals surface area contributed by atoms with Crippen LogP contribution in [0.1, 0.15) is 37.3 Å². The molecule has 5 heteroatoms. The lowest BCUT2D eigenvalue weighted by molar-refractivity contribution is 0.115. The summed E-state index contributed by atoms with van der Waals surface area (Å²) in [5.41, 5.74) is 8.02. The maximum atomic E-state index is 5.95. The third kappa shape index (κ3) is 2.77. The Morgan fingerprint density at radius 3 is 2.95 bits per heavy atom. The Morgan fingerprint density at radius 2 is 2.19 bits per heavy atom. The zero-order chi connectivity index (χ0) is 15.0. The zero-order valence-electron chi connectivity index (χ0n) is 12.9. The number of aryl methyl sites for hydroxylation is 1. The molecule has 0 bridgehead atoms. The second-order valence-electron chi connectivity index (χ2n) is 6.34. The third-order valence-corrected chi connectivity index (χ3v) is 5.05. The lowest BCUT2D eigenvalue weighted by Gasteiger charge is -2.48. The van der Waals surface area contributed by atoms with Gasteiger partial charge in [-0.2, -0.15) is 0 Å². The molecular formula is C16H24N4S. The van der Waals surface area contributed by atoms with E-state index in [4.69, 9.17) is 18.0 Å². The minimum atomic E-state index is 0.446. The zero-order valence-corrected chi connectivity index (χ0v) is 13.7. The van der Waals surface area contributed by atoms with Crippen LogP contribution >= 0.6 is 12.2 Å². The fraction of sp³-hybridized carbons (Fsp3) is 0.625. The van der Waals surface area contributed by atoms with Gasteiger partial charge in [-0.15, -0.1) is 0 Å². The highest BCUT2D eigenvalue weighted by Gasteiger charge is 2.34. The van der Waals surface area contributed by atoms with Crippen LogP contribution in [0.5, 0.6) is 0 Å². The van der Waals surface area contributed by atoms with Crippen LogP contribution in [0, 0.1) is 6.92 Å². The number of piperidine rings is 1. The molecule has 2 atom stereocenters. The molecule has 114 valence electrons. The van der Waals surface area contributed by atoms with Crippen molar-refractivity contribution < 1.29 is 0 Å². The standard InChI is InChI=1S/C16H24N4S/c1-11-6-7-18-16(14(11)15(17)21)20-10-13-5-3-4-8-19(13)9-12(20)2/h6-7,12-13H,3-5,8-10H2,1-2H3,(H2,17,21).